The molecule has 2 aliphatic rings. The molecule has 0 saturated carbocycles. The van der Waals surface area contributed by atoms with Crippen LogP contribution in [0.15, 0.2) is 0 Å². The van der Waals surface area contributed by atoms with Gasteiger partial charge in [0.05, 0.1) is 0 Å². The van der Waals surface area contributed by atoms with Gasteiger partial charge >= 0.3 is 0 Å². The van der Waals surface area contributed by atoms with Gasteiger partial charge in [0.1, 0.15) is 0 Å². The van der Waals surface area contributed by atoms with Crippen LogP contribution < -0.4 is 5.32 Å². The van der Waals surface area contributed by atoms with Crippen LogP contribution in [0.25, 0.3) is 0 Å². The second-order valence-electron chi connectivity index (χ2n) is 7.99. The van der Waals surface area contributed by atoms with Crippen LogP contribution in [0.1, 0.15) is 53.4 Å². The first-order valence-electron chi connectivity index (χ1n) is 9.24. The maximum absolute atomic E-state index is 3.63. The van der Waals surface area contributed by atoms with Crippen LogP contribution in [0, 0.1) is 11.8 Å². The third-order valence-corrected chi connectivity index (χ3v) is 5.06. The Kier molecular flexibility index (Phi) is 6.97. The first-order valence-corrected chi connectivity index (χ1v) is 9.24. The van der Waals surface area contributed by atoms with E-state index in [1.165, 1.54) is 65.0 Å². The lowest BCUT2D eigenvalue weighted by Gasteiger charge is -2.42. The molecule has 3 nitrogen and oxygen atoms in total. The Morgan fingerprint density at radius 2 is 1.71 bits per heavy atom. The Labute approximate surface area is 132 Å². The Morgan fingerprint density at radius 3 is 2.33 bits per heavy atom. The van der Waals surface area contributed by atoms with E-state index < -0.39 is 0 Å². The molecule has 0 aromatic carbocycles. The van der Waals surface area contributed by atoms with Crippen molar-refractivity contribution in [2.75, 3.05) is 39.3 Å². The molecule has 0 aliphatic carbocycles. The Morgan fingerprint density at radius 1 is 1.00 bits per heavy atom. The highest BCUT2D eigenvalue weighted by Crippen LogP contribution is 2.24. The summed E-state index contributed by atoms with van der Waals surface area (Å²) in [5.41, 5.74) is 0. The molecular weight excluding hydrogens is 258 g/mol. The van der Waals surface area contributed by atoms with E-state index in [-0.39, 0.29) is 0 Å². The van der Waals surface area contributed by atoms with Gasteiger partial charge < -0.3 is 10.2 Å². The Balaban J connectivity index is 1.72. The molecule has 3 heteroatoms. The van der Waals surface area contributed by atoms with E-state index in [2.05, 4.69) is 42.8 Å². The summed E-state index contributed by atoms with van der Waals surface area (Å²) < 4.78 is 0. The lowest BCUT2D eigenvalue weighted by molar-refractivity contribution is 0.0675. The Hall–Kier alpha value is -0.120. The molecule has 2 fully saturated rings. The molecule has 1 atom stereocenters. The molecule has 2 heterocycles. The maximum atomic E-state index is 3.63. The standard InChI is InChI=1S/C18H37N3/c1-15(2)13-20-10-7-18(8-11-20)21-9-5-6-17(14-21)12-19-16(3)4/h15-19H,5-14H2,1-4H3. The van der Waals surface area contributed by atoms with Crippen molar-refractivity contribution in [2.45, 2.75) is 65.5 Å². The molecule has 0 bridgehead atoms. The molecule has 2 aliphatic heterocycles. The van der Waals surface area contributed by atoms with Crippen LogP contribution in [0.3, 0.4) is 0 Å². The summed E-state index contributed by atoms with van der Waals surface area (Å²) in [7, 11) is 0. The van der Waals surface area contributed by atoms with Gasteiger partial charge in [-0.25, -0.2) is 0 Å². The first kappa shape index (κ1) is 17.2. The zero-order valence-corrected chi connectivity index (χ0v) is 14.8. The summed E-state index contributed by atoms with van der Waals surface area (Å²) in [6.45, 7) is 17.0. The zero-order valence-electron chi connectivity index (χ0n) is 14.8. The van der Waals surface area contributed by atoms with Gasteiger partial charge in [-0.3, -0.25) is 4.90 Å². The summed E-state index contributed by atoms with van der Waals surface area (Å²) in [6, 6.07) is 1.48. The SMILES string of the molecule is CC(C)CN1CCC(N2CCCC(CNC(C)C)C2)CC1. The molecule has 124 valence electrons. The minimum atomic E-state index is 0.625. The molecule has 1 N–H and O–H groups in total. The van der Waals surface area contributed by atoms with Crippen LogP contribution in [0.4, 0.5) is 0 Å². The summed E-state index contributed by atoms with van der Waals surface area (Å²) >= 11 is 0. The average Bonchev–Trinajstić information content (AvgIpc) is 2.45. The third kappa shape index (κ3) is 5.88. The van der Waals surface area contributed by atoms with E-state index in [1.807, 2.05) is 0 Å². The number of likely N-dealkylation sites (tertiary alicyclic amines) is 2. The quantitative estimate of drug-likeness (QED) is 0.813. The fraction of sp³-hybridized carbons (Fsp3) is 1.00. The number of rotatable bonds is 6. The number of piperidine rings is 2. The Bertz CT molecular complexity index is 282. The summed E-state index contributed by atoms with van der Waals surface area (Å²) in [4.78, 5) is 5.48. The number of hydrogen-bond donors (Lipinski definition) is 1. The predicted octanol–water partition coefficient (Wildman–Crippen LogP) is 2.82. The van der Waals surface area contributed by atoms with Crippen molar-refractivity contribution in [3.63, 3.8) is 0 Å². The molecule has 0 aromatic rings. The highest BCUT2D eigenvalue weighted by atomic mass is 15.2. The van der Waals surface area contributed by atoms with Gasteiger partial charge in [-0.2, -0.15) is 0 Å². The number of hydrogen-bond acceptors (Lipinski definition) is 3. The van der Waals surface area contributed by atoms with E-state index in [9.17, 15) is 0 Å². The second kappa shape index (κ2) is 8.50. The lowest BCUT2D eigenvalue weighted by Crippen LogP contribution is -2.50. The van der Waals surface area contributed by atoms with Gasteiger partial charge in [0.25, 0.3) is 0 Å². The lowest BCUT2D eigenvalue weighted by atomic mass is 9.93. The largest absolute Gasteiger partial charge is 0.314 e. The van der Waals surface area contributed by atoms with Crippen molar-refractivity contribution in [2.24, 2.45) is 11.8 Å². The van der Waals surface area contributed by atoms with E-state index >= 15 is 0 Å². The number of nitrogens with one attached hydrogen (secondary N) is 1. The minimum Gasteiger partial charge on any atom is -0.314 e. The van der Waals surface area contributed by atoms with Crippen LogP contribution >= 0.6 is 0 Å². The van der Waals surface area contributed by atoms with Gasteiger partial charge in [-0.05, 0) is 63.7 Å². The molecule has 0 aromatic heterocycles. The van der Waals surface area contributed by atoms with E-state index in [4.69, 9.17) is 0 Å². The van der Waals surface area contributed by atoms with Crippen molar-refractivity contribution < 1.29 is 0 Å². The normalized spacial score (nSPS) is 26.9. The first-order chi connectivity index (χ1) is 10.0. The van der Waals surface area contributed by atoms with Gasteiger partial charge in [0, 0.05) is 25.2 Å². The van der Waals surface area contributed by atoms with Crippen molar-refractivity contribution in [1.82, 2.24) is 15.1 Å². The van der Waals surface area contributed by atoms with E-state index in [0.717, 1.165) is 17.9 Å². The average molecular weight is 296 g/mol. The van der Waals surface area contributed by atoms with Crippen LogP contribution in [-0.2, 0) is 0 Å². The van der Waals surface area contributed by atoms with Gasteiger partial charge in [-0.1, -0.05) is 27.7 Å². The third-order valence-electron chi connectivity index (χ3n) is 5.06. The summed E-state index contributed by atoms with van der Waals surface area (Å²) in [5, 5.41) is 3.63. The van der Waals surface area contributed by atoms with Crippen LogP contribution in [0.2, 0.25) is 0 Å². The highest BCUT2D eigenvalue weighted by Gasteiger charge is 2.28. The van der Waals surface area contributed by atoms with Gasteiger partial charge in [-0.15, -0.1) is 0 Å². The van der Waals surface area contributed by atoms with Crippen LogP contribution in [0.5, 0.6) is 0 Å². The molecule has 2 rings (SSSR count). The molecule has 1 unspecified atom stereocenters. The van der Waals surface area contributed by atoms with Crippen molar-refractivity contribution >= 4 is 0 Å². The van der Waals surface area contributed by atoms with Crippen molar-refractivity contribution in [3.8, 4) is 0 Å². The fourth-order valence-corrected chi connectivity index (χ4v) is 3.98. The second-order valence-corrected chi connectivity index (χ2v) is 7.99. The topological polar surface area (TPSA) is 18.5 Å². The minimum absolute atomic E-state index is 0.625. The summed E-state index contributed by atoms with van der Waals surface area (Å²) in [5.74, 6) is 1.68. The molecule has 21 heavy (non-hydrogen) atoms. The van der Waals surface area contributed by atoms with Crippen LogP contribution in [-0.4, -0.2) is 61.2 Å². The molecule has 0 spiro atoms. The van der Waals surface area contributed by atoms with Crippen molar-refractivity contribution in [1.29, 1.82) is 0 Å². The number of nitrogens with zero attached hydrogens (tertiary/aromatic N) is 2. The van der Waals surface area contributed by atoms with Gasteiger partial charge in [0.15, 0.2) is 0 Å². The molecule has 2 saturated heterocycles. The van der Waals surface area contributed by atoms with Gasteiger partial charge in [0.2, 0.25) is 0 Å². The van der Waals surface area contributed by atoms with Crippen molar-refractivity contribution in [3.05, 3.63) is 0 Å². The zero-order chi connectivity index (χ0) is 15.2. The predicted molar refractivity (Wildman–Crippen MR) is 91.7 cm³/mol. The monoisotopic (exact) mass is 295 g/mol. The maximum Gasteiger partial charge on any atom is 0.0120 e. The molecular formula is C18H37N3. The fourth-order valence-electron chi connectivity index (χ4n) is 3.98. The smallest absolute Gasteiger partial charge is 0.0120 e. The molecule has 0 radical (unpaired) electrons. The molecule has 0 amide bonds. The van der Waals surface area contributed by atoms with E-state index in [1.54, 1.807) is 0 Å². The summed E-state index contributed by atoms with van der Waals surface area (Å²) in [6.07, 6.45) is 5.59. The van der Waals surface area contributed by atoms with E-state index in [0.29, 0.717) is 6.04 Å². The highest BCUT2D eigenvalue weighted by molar-refractivity contribution is 4.84.